The van der Waals surface area contributed by atoms with Crippen LogP contribution in [0.3, 0.4) is 0 Å². The van der Waals surface area contributed by atoms with E-state index >= 15 is 0 Å². The van der Waals surface area contributed by atoms with Crippen molar-refractivity contribution in [1.82, 2.24) is 14.9 Å². The molecule has 1 heterocycles. The largest absolute Gasteiger partial charge is 0.382 e. The number of anilines is 1. The van der Waals surface area contributed by atoms with E-state index in [-0.39, 0.29) is 0 Å². The van der Waals surface area contributed by atoms with Crippen LogP contribution in [-0.2, 0) is 13.1 Å². The van der Waals surface area contributed by atoms with Gasteiger partial charge in [-0.2, -0.15) is 0 Å². The summed E-state index contributed by atoms with van der Waals surface area (Å²) in [6.45, 7) is 4.83. The summed E-state index contributed by atoms with van der Waals surface area (Å²) in [6, 6.07) is 10.4. The van der Waals surface area contributed by atoms with Crippen molar-refractivity contribution >= 4 is 5.82 Å². The highest BCUT2D eigenvalue weighted by atomic mass is 15.1. The van der Waals surface area contributed by atoms with E-state index in [1.807, 2.05) is 6.07 Å². The standard InChI is InChI=1S/C14H18N4/c1-2-18(10-12-6-4-3-5-7-12)11-13-8-17-14(15)9-16-13/h3-9H,2,10-11H2,1H3,(H2,15,17). The van der Waals surface area contributed by atoms with Crippen molar-refractivity contribution in [2.24, 2.45) is 0 Å². The first-order valence-corrected chi connectivity index (χ1v) is 6.10. The Hall–Kier alpha value is -1.94. The van der Waals surface area contributed by atoms with Gasteiger partial charge in [-0.1, -0.05) is 37.3 Å². The molecule has 0 saturated heterocycles. The van der Waals surface area contributed by atoms with Crippen molar-refractivity contribution in [2.45, 2.75) is 20.0 Å². The van der Waals surface area contributed by atoms with Gasteiger partial charge in [0.2, 0.25) is 0 Å². The second-order valence-electron chi connectivity index (χ2n) is 4.22. The van der Waals surface area contributed by atoms with Crippen LogP contribution in [0.4, 0.5) is 5.82 Å². The minimum absolute atomic E-state index is 0.463. The molecule has 94 valence electrons. The molecule has 1 aromatic heterocycles. The molecule has 0 aliphatic carbocycles. The van der Waals surface area contributed by atoms with Gasteiger partial charge in [0, 0.05) is 13.1 Å². The van der Waals surface area contributed by atoms with Gasteiger partial charge in [0.05, 0.1) is 18.1 Å². The number of rotatable bonds is 5. The van der Waals surface area contributed by atoms with Crippen molar-refractivity contribution in [3.63, 3.8) is 0 Å². The molecule has 0 amide bonds. The van der Waals surface area contributed by atoms with Crippen LogP contribution in [0.5, 0.6) is 0 Å². The summed E-state index contributed by atoms with van der Waals surface area (Å²) in [5.41, 5.74) is 7.78. The van der Waals surface area contributed by atoms with Crippen LogP contribution in [0, 0.1) is 0 Å². The first kappa shape index (κ1) is 12.5. The lowest BCUT2D eigenvalue weighted by Crippen LogP contribution is -2.23. The lowest BCUT2D eigenvalue weighted by atomic mass is 10.2. The molecule has 2 aromatic rings. The quantitative estimate of drug-likeness (QED) is 0.872. The maximum atomic E-state index is 5.53. The molecule has 0 aliphatic heterocycles. The summed E-state index contributed by atoms with van der Waals surface area (Å²) in [5.74, 6) is 0.463. The molecule has 18 heavy (non-hydrogen) atoms. The van der Waals surface area contributed by atoms with E-state index in [4.69, 9.17) is 5.73 Å². The zero-order valence-electron chi connectivity index (χ0n) is 10.6. The summed E-state index contributed by atoms with van der Waals surface area (Å²) in [7, 11) is 0. The van der Waals surface area contributed by atoms with E-state index in [0.717, 1.165) is 25.3 Å². The minimum atomic E-state index is 0.463. The predicted octanol–water partition coefficient (Wildman–Crippen LogP) is 2.08. The molecule has 4 heteroatoms. The topological polar surface area (TPSA) is 55.0 Å². The van der Waals surface area contributed by atoms with Gasteiger partial charge < -0.3 is 5.73 Å². The Balaban J connectivity index is 1.99. The highest BCUT2D eigenvalue weighted by Crippen LogP contribution is 2.08. The van der Waals surface area contributed by atoms with Crippen LogP contribution in [0.1, 0.15) is 18.2 Å². The van der Waals surface area contributed by atoms with Crippen LogP contribution >= 0.6 is 0 Å². The SMILES string of the molecule is CCN(Cc1ccccc1)Cc1cnc(N)cn1. The van der Waals surface area contributed by atoms with Crippen LogP contribution in [-0.4, -0.2) is 21.4 Å². The second-order valence-corrected chi connectivity index (χ2v) is 4.22. The van der Waals surface area contributed by atoms with Crippen molar-refractivity contribution < 1.29 is 0 Å². The summed E-state index contributed by atoms with van der Waals surface area (Å²) in [6.07, 6.45) is 3.34. The number of hydrogen-bond donors (Lipinski definition) is 1. The average molecular weight is 242 g/mol. The van der Waals surface area contributed by atoms with Crippen LogP contribution in [0.15, 0.2) is 42.7 Å². The third-order valence-corrected chi connectivity index (χ3v) is 2.81. The van der Waals surface area contributed by atoms with E-state index in [9.17, 15) is 0 Å². The molecule has 0 aliphatic rings. The van der Waals surface area contributed by atoms with Crippen LogP contribution in [0.25, 0.3) is 0 Å². The summed E-state index contributed by atoms with van der Waals surface area (Å²) < 4.78 is 0. The maximum absolute atomic E-state index is 5.53. The molecule has 1 aromatic carbocycles. The normalized spacial score (nSPS) is 10.8. The summed E-state index contributed by atoms with van der Waals surface area (Å²) in [5, 5.41) is 0. The molecule has 4 nitrogen and oxygen atoms in total. The number of benzene rings is 1. The first-order chi connectivity index (χ1) is 8.78. The molecule has 0 atom stereocenters. The van der Waals surface area contributed by atoms with Gasteiger partial charge in [-0.25, -0.2) is 4.98 Å². The van der Waals surface area contributed by atoms with Gasteiger partial charge in [0.15, 0.2) is 0 Å². The van der Waals surface area contributed by atoms with Gasteiger partial charge in [-0.05, 0) is 12.1 Å². The number of hydrogen-bond acceptors (Lipinski definition) is 4. The van der Waals surface area contributed by atoms with Crippen molar-refractivity contribution in [2.75, 3.05) is 12.3 Å². The fourth-order valence-corrected chi connectivity index (χ4v) is 1.80. The van der Waals surface area contributed by atoms with E-state index in [1.165, 1.54) is 5.56 Å². The van der Waals surface area contributed by atoms with Gasteiger partial charge >= 0.3 is 0 Å². The number of aromatic nitrogens is 2. The Morgan fingerprint density at radius 3 is 2.44 bits per heavy atom. The number of nitrogens with zero attached hydrogens (tertiary/aromatic N) is 3. The van der Waals surface area contributed by atoms with Crippen molar-refractivity contribution in [1.29, 1.82) is 0 Å². The maximum Gasteiger partial charge on any atom is 0.141 e. The Bertz CT molecular complexity index is 467. The molecule has 0 radical (unpaired) electrons. The lowest BCUT2D eigenvalue weighted by molar-refractivity contribution is 0.268. The highest BCUT2D eigenvalue weighted by Gasteiger charge is 2.05. The summed E-state index contributed by atoms with van der Waals surface area (Å²) >= 11 is 0. The van der Waals surface area contributed by atoms with E-state index in [1.54, 1.807) is 12.4 Å². The van der Waals surface area contributed by atoms with Gasteiger partial charge in [-0.3, -0.25) is 9.88 Å². The van der Waals surface area contributed by atoms with Crippen LogP contribution in [0.2, 0.25) is 0 Å². The van der Waals surface area contributed by atoms with E-state index in [0.29, 0.717) is 5.82 Å². The Morgan fingerprint density at radius 1 is 1.06 bits per heavy atom. The molecule has 0 unspecified atom stereocenters. The minimum Gasteiger partial charge on any atom is -0.382 e. The van der Waals surface area contributed by atoms with E-state index in [2.05, 4.69) is 46.1 Å². The molecular weight excluding hydrogens is 224 g/mol. The lowest BCUT2D eigenvalue weighted by Gasteiger charge is -2.19. The monoisotopic (exact) mass is 242 g/mol. The Morgan fingerprint density at radius 2 is 1.83 bits per heavy atom. The highest BCUT2D eigenvalue weighted by molar-refractivity contribution is 5.22. The third-order valence-electron chi connectivity index (χ3n) is 2.81. The summed E-state index contributed by atoms with van der Waals surface area (Å²) in [4.78, 5) is 10.7. The Kier molecular flexibility index (Phi) is 4.25. The zero-order valence-corrected chi connectivity index (χ0v) is 10.6. The first-order valence-electron chi connectivity index (χ1n) is 6.10. The second kappa shape index (κ2) is 6.12. The predicted molar refractivity (Wildman–Crippen MR) is 72.7 cm³/mol. The molecule has 0 spiro atoms. The van der Waals surface area contributed by atoms with Gasteiger partial charge in [0.1, 0.15) is 5.82 Å². The smallest absolute Gasteiger partial charge is 0.141 e. The van der Waals surface area contributed by atoms with Gasteiger partial charge in [0.25, 0.3) is 0 Å². The fourth-order valence-electron chi connectivity index (χ4n) is 1.80. The molecule has 2 rings (SSSR count). The molecule has 0 saturated carbocycles. The Labute approximate surface area is 107 Å². The van der Waals surface area contributed by atoms with Crippen molar-refractivity contribution in [3.05, 3.63) is 54.0 Å². The number of nitrogens with two attached hydrogens (primary N) is 1. The molecular formula is C14H18N4. The van der Waals surface area contributed by atoms with Crippen LogP contribution < -0.4 is 5.73 Å². The molecule has 2 N–H and O–H groups in total. The number of nitrogen functional groups attached to an aromatic ring is 1. The van der Waals surface area contributed by atoms with Crippen molar-refractivity contribution in [3.8, 4) is 0 Å². The third kappa shape index (κ3) is 3.53. The fraction of sp³-hybridized carbons (Fsp3) is 0.286. The van der Waals surface area contributed by atoms with E-state index < -0.39 is 0 Å². The molecule has 0 fully saturated rings. The molecule has 0 bridgehead atoms. The zero-order chi connectivity index (χ0) is 12.8. The van der Waals surface area contributed by atoms with Gasteiger partial charge in [-0.15, -0.1) is 0 Å². The average Bonchev–Trinajstić information content (AvgIpc) is 2.41.